The molecule has 2 aromatic rings. The Balaban J connectivity index is 1.68. The second kappa shape index (κ2) is 7.81. The van der Waals surface area contributed by atoms with Crippen molar-refractivity contribution in [1.82, 2.24) is 5.32 Å². The zero-order valence-corrected chi connectivity index (χ0v) is 14.7. The molecule has 0 radical (unpaired) electrons. The van der Waals surface area contributed by atoms with Crippen LogP contribution in [-0.2, 0) is 9.53 Å². The summed E-state index contributed by atoms with van der Waals surface area (Å²) in [5.74, 6) is 0.0398. The number of nitrogens with two attached hydrogens (primary N) is 1. The SMILES string of the molecule is CC(NC(=O)C1(CN)CCOCC1)c1ccc(-c2ccccc2)cc1. The number of ether oxygens (including phenoxy) is 1. The van der Waals surface area contributed by atoms with E-state index in [4.69, 9.17) is 10.5 Å². The van der Waals surface area contributed by atoms with Gasteiger partial charge in [-0.2, -0.15) is 0 Å². The lowest BCUT2D eigenvalue weighted by Crippen LogP contribution is -2.49. The molecule has 1 atom stereocenters. The quantitative estimate of drug-likeness (QED) is 0.879. The fourth-order valence-electron chi connectivity index (χ4n) is 3.31. The molecule has 1 heterocycles. The second-order valence-corrected chi connectivity index (χ2v) is 6.78. The van der Waals surface area contributed by atoms with E-state index in [1.54, 1.807) is 0 Å². The lowest BCUT2D eigenvalue weighted by atomic mass is 9.79. The number of carbonyl (C=O) groups is 1. The van der Waals surface area contributed by atoms with Crippen LogP contribution < -0.4 is 11.1 Å². The Morgan fingerprint density at radius 1 is 1.08 bits per heavy atom. The lowest BCUT2D eigenvalue weighted by Gasteiger charge is -2.35. The number of rotatable bonds is 5. The molecule has 0 aromatic heterocycles. The highest BCUT2D eigenvalue weighted by atomic mass is 16.5. The standard InChI is InChI=1S/C21H26N2O2/c1-16(23-20(24)21(15-22)11-13-25-14-12-21)17-7-9-19(10-8-17)18-5-3-2-4-6-18/h2-10,16H,11-15,22H2,1H3,(H,23,24). The minimum Gasteiger partial charge on any atom is -0.381 e. The molecular weight excluding hydrogens is 312 g/mol. The van der Waals surface area contributed by atoms with Crippen molar-refractivity contribution >= 4 is 5.91 Å². The van der Waals surface area contributed by atoms with Crippen molar-refractivity contribution < 1.29 is 9.53 Å². The van der Waals surface area contributed by atoms with Gasteiger partial charge >= 0.3 is 0 Å². The maximum Gasteiger partial charge on any atom is 0.228 e. The average Bonchev–Trinajstić information content (AvgIpc) is 2.69. The van der Waals surface area contributed by atoms with Crippen LogP contribution in [0.25, 0.3) is 11.1 Å². The van der Waals surface area contributed by atoms with Crippen molar-refractivity contribution in [3.05, 3.63) is 60.2 Å². The van der Waals surface area contributed by atoms with Crippen molar-refractivity contribution in [1.29, 1.82) is 0 Å². The minimum absolute atomic E-state index is 0.0398. The van der Waals surface area contributed by atoms with Gasteiger partial charge in [-0.25, -0.2) is 0 Å². The summed E-state index contributed by atoms with van der Waals surface area (Å²) in [6.07, 6.45) is 1.38. The highest BCUT2D eigenvalue weighted by Gasteiger charge is 2.39. The first kappa shape index (κ1) is 17.6. The van der Waals surface area contributed by atoms with E-state index in [-0.39, 0.29) is 11.9 Å². The van der Waals surface area contributed by atoms with E-state index in [0.29, 0.717) is 32.6 Å². The van der Waals surface area contributed by atoms with Gasteiger partial charge in [-0.15, -0.1) is 0 Å². The van der Waals surface area contributed by atoms with Gasteiger partial charge in [0.05, 0.1) is 11.5 Å². The average molecular weight is 338 g/mol. The molecule has 1 aliphatic heterocycles. The zero-order valence-electron chi connectivity index (χ0n) is 14.7. The first-order chi connectivity index (χ1) is 12.1. The van der Waals surface area contributed by atoms with E-state index in [0.717, 1.165) is 5.56 Å². The number of carbonyl (C=O) groups excluding carboxylic acids is 1. The van der Waals surface area contributed by atoms with Crippen molar-refractivity contribution in [3.63, 3.8) is 0 Å². The molecule has 0 aliphatic carbocycles. The largest absolute Gasteiger partial charge is 0.381 e. The Kier molecular flexibility index (Phi) is 5.51. The van der Waals surface area contributed by atoms with Gasteiger partial charge in [0.25, 0.3) is 0 Å². The van der Waals surface area contributed by atoms with Gasteiger partial charge < -0.3 is 15.8 Å². The van der Waals surface area contributed by atoms with E-state index in [1.165, 1.54) is 11.1 Å². The Bertz CT molecular complexity index is 692. The molecule has 4 nitrogen and oxygen atoms in total. The Morgan fingerprint density at radius 3 is 2.28 bits per heavy atom. The summed E-state index contributed by atoms with van der Waals surface area (Å²) < 4.78 is 5.39. The summed E-state index contributed by atoms with van der Waals surface area (Å²) in [5, 5.41) is 3.14. The molecule has 4 heteroatoms. The van der Waals surface area contributed by atoms with Crippen LogP contribution in [0.15, 0.2) is 54.6 Å². The summed E-state index contributed by atoms with van der Waals surface area (Å²) in [7, 11) is 0. The summed E-state index contributed by atoms with van der Waals surface area (Å²) >= 11 is 0. The van der Waals surface area contributed by atoms with Crippen molar-refractivity contribution in [2.24, 2.45) is 11.1 Å². The topological polar surface area (TPSA) is 64.4 Å². The van der Waals surface area contributed by atoms with Crippen molar-refractivity contribution in [2.75, 3.05) is 19.8 Å². The highest BCUT2D eigenvalue weighted by Crippen LogP contribution is 2.30. The number of amides is 1. The van der Waals surface area contributed by atoms with Crippen LogP contribution in [0.1, 0.15) is 31.4 Å². The number of nitrogens with one attached hydrogen (secondary N) is 1. The van der Waals surface area contributed by atoms with Crippen LogP contribution in [0.5, 0.6) is 0 Å². The fourth-order valence-corrected chi connectivity index (χ4v) is 3.31. The third kappa shape index (κ3) is 3.91. The summed E-state index contributed by atoms with van der Waals surface area (Å²) in [4.78, 5) is 12.8. The van der Waals surface area contributed by atoms with Gasteiger partial charge in [0.15, 0.2) is 0 Å². The molecule has 2 aromatic carbocycles. The minimum atomic E-state index is -0.490. The molecule has 3 N–H and O–H groups in total. The van der Waals surface area contributed by atoms with E-state index in [9.17, 15) is 4.79 Å². The first-order valence-electron chi connectivity index (χ1n) is 8.89. The Labute approximate surface area is 149 Å². The Hall–Kier alpha value is -2.17. The van der Waals surface area contributed by atoms with Crippen LogP contribution in [0.4, 0.5) is 0 Å². The lowest BCUT2D eigenvalue weighted by molar-refractivity contribution is -0.136. The summed E-state index contributed by atoms with van der Waals surface area (Å²) in [5.41, 5.74) is 8.88. The molecule has 3 rings (SSSR count). The Morgan fingerprint density at radius 2 is 1.68 bits per heavy atom. The van der Waals surface area contributed by atoms with Crippen LogP contribution in [0.2, 0.25) is 0 Å². The normalized spacial score (nSPS) is 17.7. The molecule has 0 bridgehead atoms. The van der Waals surface area contributed by atoms with Crippen molar-refractivity contribution in [2.45, 2.75) is 25.8 Å². The maximum absolute atomic E-state index is 12.8. The van der Waals surface area contributed by atoms with Gasteiger partial charge in [-0.05, 0) is 36.5 Å². The van der Waals surface area contributed by atoms with Crippen LogP contribution >= 0.6 is 0 Å². The molecular formula is C21H26N2O2. The second-order valence-electron chi connectivity index (χ2n) is 6.78. The van der Waals surface area contributed by atoms with Crippen LogP contribution in [-0.4, -0.2) is 25.7 Å². The maximum atomic E-state index is 12.8. The molecule has 132 valence electrons. The monoisotopic (exact) mass is 338 g/mol. The summed E-state index contributed by atoms with van der Waals surface area (Å²) in [6, 6.07) is 18.6. The zero-order chi connectivity index (χ0) is 17.7. The third-order valence-electron chi connectivity index (χ3n) is 5.19. The van der Waals surface area contributed by atoms with E-state index in [2.05, 4.69) is 41.7 Å². The molecule has 1 saturated heterocycles. The molecule has 25 heavy (non-hydrogen) atoms. The van der Waals surface area contributed by atoms with Gasteiger partial charge in [0.1, 0.15) is 0 Å². The van der Waals surface area contributed by atoms with Gasteiger partial charge in [-0.1, -0.05) is 54.6 Å². The third-order valence-corrected chi connectivity index (χ3v) is 5.19. The van der Waals surface area contributed by atoms with Crippen molar-refractivity contribution in [3.8, 4) is 11.1 Å². The predicted octanol–water partition coefficient (Wildman–Crippen LogP) is 3.29. The van der Waals surface area contributed by atoms with Crippen LogP contribution in [0.3, 0.4) is 0 Å². The van der Waals surface area contributed by atoms with E-state index >= 15 is 0 Å². The molecule has 0 saturated carbocycles. The van der Waals surface area contributed by atoms with E-state index in [1.807, 2.05) is 25.1 Å². The van der Waals surface area contributed by atoms with Crippen LogP contribution in [0, 0.1) is 5.41 Å². The van der Waals surface area contributed by atoms with Gasteiger partial charge in [-0.3, -0.25) is 4.79 Å². The predicted molar refractivity (Wildman–Crippen MR) is 100.0 cm³/mol. The first-order valence-corrected chi connectivity index (χ1v) is 8.89. The molecule has 1 unspecified atom stereocenters. The highest BCUT2D eigenvalue weighted by molar-refractivity contribution is 5.83. The van der Waals surface area contributed by atoms with Gasteiger partial charge in [0.2, 0.25) is 5.91 Å². The fraction of sp³-hybridized carbons (Fsp3) is 0.381. The molecule has 1 amide bonds. The smallest absolute Gasteiger partial charge is 0.228 e. The number of hydrogen-bond acceptors (Lipinski definition) is 3. The molecule has 1 aliphatic rings. The van der Waals surface area contributed by atoms with E-state index < -0.39 is 5.41 Å². The molecule has 1 fully saturated rings. The molecule has 0 spiro atoms. The number of benzene rings is 2. The van der Waals surface area contributed by atoms with Gasteiger partial charge in [0, 0.05) is 19.8 Å². The number of hydrogen-bond donors (Lipinski definition) is 2. The summed E-state index contributed by atoms with van der Waals surface area (Å²) in [6.45, 7) is 3.58.